The van der Waals surface area contributed by atoms with Crippen molar-refractivity contribution in [2.75, 3.05) is 10.0 Å². The first kappa shape index (κ1) is 21.4. The lowest BCUT2D eigenvalue weighted by Crippen LogP contribution is -2.30. The summed E-state index contributed by atoms with van der Waals surface area (Å²) in [6.07, 6.45) is -0.751. The van der Waals surface area contributed by atoms with Crippen molar-refractivity contribution >= 4 is 27.3 Å². The van der Waals surface area contributed by atoms with Gasteiger partial charge in [-0.1, -0.05) is 36.4 Å². The Bertz CT molecular complexity index is 1140. The molecule has 2 N–H and O–H groups in total. The highest BCUT2D eigenvalue weighted by Gasteiger charge is 2.20. The monoisotopic (exact) mass is 424 g/mol. The van der Waals surface area contributed by atoms with Gasteiger partial charge in [0.2, 0.25) is 0 Å². The van der Waals surface area contributed by atoms with E-state index in [4.69, 9.17) is 4.74 Å². The Balaban J connectivity index is 1.76. The van der Waals surface area contributed by atoms with Gasteiger partial charge in [-0.3, -0.25) is 9.52 Å². The number of anilines is 2. The van der Waals surface area contributed by atoms with Crippen molar-refractivity contribution in [1.82, 2.24) is 0 Å². The highest BCUT2D eigenvalue weighted by Crippen LogP contribution is 2.24. The third-order valence-electron chi connectivity index (χ3n) is 4.44. The van der Waals surface area contributed by atoms with E-state index in [1.54, 1.807) is 56.3 Å². The van der Waals surface area contributed by atoms with E-state index in [9.17, 15) is 13.2 Å². The Kier molecular flexibility index (Phi) is 6.42. The van der Waals surface area contributed by atoms with Crippen LogP contribution in [0, 0.1) is 13.8 Å². The number of carbonyl (C=O) groups is 1. The normalized spacial score (nSPS) is 12.1. The van der Waals surface area contributed by atoms with Crippen LogP contribution in [0.15, 0.2) is 77.7 Å². The number of hydrogen-bond acceptors (Lipinski definition) is 4. The van der Waals surface area contributed by atoms with Crippen molar-refractivity contribution in [2.24, 2.45) is 0 Å². The fourth-order valence-corrected chi connectivity index (χ4v) is 4.21. The predicted molar refractivity (Wildman–Crippen MR) is 118 cm³/mol. The minimum atomic E-state index is -3.82. The third-order valence-corrected chi connectivity index (χ3v) is 5.96. The number of amides is 1. The molecule has 1 amide bonds. The molecular formula is C23H24N2O4S. The van der Waals surface area contributed by atoms with Crippen LogP contribution in [0.3, 0.4) is 0 Å². The van der Waals surface area contributed by atoms with Crippen LogP contribution in [-0.2, 0) is 14.8 Å². The zero-order valence-electron chi connectivity index (χ0n) is 17.0. The molecule has 3 aromatic carbocycles. The molecule has 0 bridgehead atoms. The third kappa shape index (κ3) is 5.39. The van der Waals surface area contributed by atoms with Gasteiger partial charge < -0.3 is 10.1 Å². The minimum absolute atomic E-state index is 0.0958. The first-order chi connectivity index (χ1) is 14.2. The molecule has 0 spiro atoms. The van der Waals surface area contributed by atoms with Gasteiger partial charge in [0.05, 0.1) is 4.90 Å². The summed E-state index contributed by atoms with van der Waals surface area (Å²) in [7, 11) is -3.82. The molecule has 0 radical (unpaired) electrons. The lowest BCUT2D eigenvalue weighted by atomic mass is 10.2. The molecule has 0 fully saturated rings. The number of ether oxygens (including phenoxy) is 1. The van der Waals surface area contributed by atoms with Crippen LogP contribution in [0.4, 0.5) is 11.4 Å². The molecule has 3 rings (SSSR count). The topological polar surface area (TPSA) is 84.5 Å². The number of para-hydroxylation sites is 1. The zero-order valence-corrected chi connectivity index (χ0v) is 17.9. The van der Waals surface area contributed by atoms with Crippen molar-refractivity contribution in [2.45, 2.75) is 31.8 Å². The molecule has 156 valence electrons. The molecule has 0 aliphatic heterocycles. The molecule has 7 heteroatoms. The largest absolute Gasteiger partial charge is 0.481 e. The predicted octanol–water partition coefficient (Wildman–Crippen LogP) is 4.51. The van der Waals surface area contributed by atoms with Crippen molar-refractivity contribution in [3.05, 3.63) is 83.9 Å². The van der Waals surface area contributed by atoms with E-state index in [0.29, 0.717) is 22.7 Å². The summed E-state index contributed by atoms with van der Waals surface area (Å²) in [5.74, 6) is 0.201. The van der Waals surface area contributed by atoms with Gasteiger partial charge in [0.15, 0.2) is 6.10 Å². The molecule has 0 saturated heterocycles. The zero-order chi connectivity index (χ0) is 21.7. The molecule has 3 aromatic rings. The maximum atomic E-state index is 12.9. The average molecular weight is 425 g/mol. The number of benzene rings is 3. The van der Waals surface area contributed by atoms with E-state index < -0.39 is 16.1 Å². The average Bonchev–Trinajstić information content (AvgIpc) is 2.69. The number of aryl methyl sites for hydroxylation is 2. The SMILES string of the molecule is Cc1cccc(NS(=O)(=O)c2cc(NC(=O)C(C)Oc3ccccc3)ccc2C)c1. The molecule has 1 atom stereocenters. The molecule has 0 aliphatic carbocycles. The first-order valence-electron chi connectivity index (χ1n) is 9.47. The van der Waals surface area contributed by atoms with E-state index in [0.717, 1.165) is 5.56 Å². The van der Waals surface area contributed by atoms with Gasteiger partial charge in [0.1, 0.15) is 5.75 Å². The van der Waals surface area contributed by atoms with Crippen LogP contribution in [0.2, 0.25) is 0 Å². The number of sulfonamides is 1. The lowest BCUT2D eigenvalue weighted by molar-refractivity contribution is -0.122. The fourth-order valence-electron chi connectivity index (χ4n) is 2.89. The molecule has 6 nitrogen and oxygen atoms in total. The molecular weight excluding hydrogens is 400 g/mol. The molecule has 30 heavy (non-hydrogen) atoms. The van der Waals surface area contributed by atoms with E-state index in [2.05, 4.69) is 10.0 Å². The first-order valence-corrected chi connectivity index (χ1v) is 11.0. The standard InChI is InChI=1S/C23H24N2O4S/c1-16-8-7-9-20(14-16)25-30(27,28)22-15-19(13-12-17(22)2)24-23(26)18(3)29-21-10-5-4-6-11-21/h4-15,18,25H,1-3H3,(H,24,26). The smallest absolute Gasteiger partial charge is 0.265 e. The number of nitrogens with one attached hydrogen (secondary N) is 2. The van der Waals surface area contributed by atoms with Crippen molar-refractivity contribution in [3.63, 3.8) is 0 Å². The van der Waals surface area contributed by atoms with Crippen molar-refractivity contribution in [3.8, 4) is 5.75 Å². The van der Waals surface area contributed by atoms with Crippen LogP contribution >= 0.6 is 0 Å². The fraction of sp³-hybridized carbons (Fsp3) is 0.174. The summed E-state index contributed by atoms with van der Waals surface area (Å²) < 4.78 is 34.0. The van der Waals surface area contributed by atoms with Crippen LogP contribution in [0.1, 0.15) is 18.1 Å². The molecule has 0 aliphatic rings. The molecule has 1 unspecified atom stereocenters. The van der Waals surface area contributed by atoms with Crippen molar-refractivity contribution in [1.29, 1.82) is 0 Å². The summed E-state index contributed by atoms with van der Waals surface area (Å²) in [6.45, 7) is 5.23. The van der Waals surface area contributed by atoms with E-state index in [1.165, 1.54) is 6.07 Å². The second-order valence-electron chi connectivity index (χ2n) is 7.02. The Morgan fingerprint density at radius 2 is 1.63 bits per heavy atom. The van der Waals surface area contributed by atoms with Gasteiger partial charge >= 0.3 is 0 Å². The van der Waals surface area contributed by atoms with Crippen LogP contribution in [0.25, 0.3) is 0 Å². The van der Waals surface area contributed by atoms with Gasteiger partial charge in [-0.25, -0.2) is 8.42 Å². The number of hydrogen-bond donors (Lipinski definition) is 2. The summed E-state index contributed by atoms with van der Waals surface area (Å²) >= 11 is 0. The minimum Gasteiger partial charge on any atom is -0.481 e. The Labute approximate surface area is 177 Å². The summed E-state index contributed by atoms with van der Waals surface area (Å²) in [4.78, 5) is 12.6. The maximum Gasteiger partial charge on any atom is 0.265 e. The van der Waals surface area contributed by atoms with Gasteiger partial charge in [-0.15, -0.1) is 0 Å². The highest BCUT2D eigenvalue weighted by molar-refractivity contribution is 7.92. The second kappa shape index (κ2) is 9.00. The van der Waals surface area contributed by atoms with Crippen LogP contribution in [-0.4, -0.2) is 20.4 Å². The highest BCUT2D eigenvalue weighted by atomic mass is 32.2. The molecule has 0 heterocycles. The summed E-state index contributed by atoms with van der Waals surface area (Å²) in [5, 5.41) is 2.72. The second-order valence-corrected chi connectivity index (χ2v) is 8.67. The summed E-state index contributed by atoms with van der Waals surface area (Å²) in [6, 6.07) is 20.9. The van der Waals surface area contributed by atoms with E-state index in [1.807, 2.05) is 31.2 Å². The van der Waals surface area contributed by atoms with Crippen LogP contribution in [0.5, 0.6) is 5.75 Å². The van der Waals surface area contributed by atoms with Gasteiger partial charge in [0, 0.05) is 11.4 Å². The molecule has 0 saturated carbocycles. The molecule has 0 aromatic heterocycles. The van der Waals surface area contributed by atoms with E-state index in [-0.39, 0.29) is 10.8 Å². The number of carbonyl (C=O) groups excluding carboxylic acids is 1. The maximum absolute atomic E-state index is 12.9. The lowest BCUT2D eigenvalue weighted by Gasteiger charge is -2.16. The Morgan fingerprint density at radius 3 is 2.33 bits per heavy atom. The quantitative estimate of drug-likeness (QED) is 0.584. The Hall–Kier alpha value is -3.32. The van der Waals surface area contributed by atoms with Gasteiger partial charge in [0.25, 0.3) is 15.9 Å². The Morgan fingerprint density at radius 1 is 0.900 bits per heavy atom. The van der Waals surface area contributed by atoms with E-state index >= 15 is 0 Å². The van der Waals surface area contributed by atoms with Crippen LogP contribution < -0.4 is 14.8 Å². The van der Waals surface area contributed by atoms with Gasteiger partial charge in [-0.05, 0) is 68.3 Å². The summed E-state index contributed by atoms with van der Waals surface area (Å²) in [5.41, 5.74) is 2.37. The van der Waals surface area contributed by atoms with Crippen molar-refractivity contribution < 1.29 is 17.9 Å². The number of rotatable bonds is 7. The van der Waals surface area contributed by atoms with Gasteiger partial charge in [-0.2, -0.15) is 0 Å².